The highest BCUT2D eigenvalue weighted by Crippen LogP contribution is 2.22. The Kier molecular flexibility index (Phi) is 4.22. The van der Waals surface area contributed by atoms with Crippen LogP contribution >= 0.6 is 0 Å². The van der Waals surface area contributed by atoms with Gasteiger partial charge in [0.2, 0.25) is 5.91 Å². The number of hydrogen-bond acceptors (Lipinski definition) is 5. The van der Waals surface area contributed by atoms with Crippen LogP contribution in [0.4, 0.5) is 0 Å². The van der Waals surface area contributed by atoms with Gasteiger partial charge in [-0.05, 0) is 18.9 Å². The van der Waals surface area contributed by atoms with E-state index in [1.54, 1.807) is 0 Å². The van der Waals surface area contributed by atoms with Crippen molar-refractivity contribution in [2.75, 3.05) is 6.54 Å². The third kappa shape index (κ3) is 3.18. The van der Waals surface area contributed by atoms with Gasteiger partial charge in [0.15, 0.2) is 12.2 Å². The summed E-state index contributed by atoms with van der Waals surface area (Å²) in [5.41, 5.74) is 2.82. The van der Waals surface area contributed by atoms with E-state index < -0.39 is 6.10 Å². The van der Waals surface area contributed by atoms with Gasteiger partial charge < -0.3 is 20.2 Å². The summed E-state index contributed by atoms with van der Waals surface area (Å²) in [6.45, 7) is 2.84. The van der Waals surface area contributed by atoms with Gasteiger partial charge in [0.05, 0.1) is 17.8 Å². The predicted molar refractivity (Wildman–Crippen MR) is 80.9 cm³/mol. The minimum absolute atomic E-state index is 0.0771. The Hall–Kier alpha value is -2.18. The molecule has 3 N–H and O–H groups in total. The Morgan fingerprint density at radius 3 is 2.82 bits per heavy atom. The molecule has 116 valence electrons. The fraction of sp³-hybridized carbons (Fsp3) is 0.375. The molecule has 1 aliphatic heterocycles. The van der Waals surface area contributed by atoms with Crippen molar-refractivity contribution in [2.24, 2.45) is 0 Å². The number of aliphatic hydroxyl groups excluding tert-OH is 1. The van der Waals surface area contributed by atoms with Gasteiger partial charge in [-0.1, -0.05) is 24.3 Å². The zero-order valence-corrected chi connectivity index (χ0v) is 12.4. The summed E-state index contributed by atoms with van der Waals surface area (Å²) in [6.07, 6.45) is 1.47. The second kappa shape index (κ2) is 6.29. The number of nitrogens with zero attached hydrogens (tertiary/aromatic N) is 1. The molecule has 1 fully saturated rings. The summed E-state index contributed by atoms with van der Waals surface area (Å²) in [4.78, 5) is 16.0. The van der Waals surface area contributed by atoms with E-state index in [4.69, 9.17) is 4.42 Å². The maximum Gasteiger partial charge on any atom is 0.237 e. The molecule has 6 heteroatoms. The molecule has 1 aliphatic rings. The fourth-order valence-electron chi connectivity index (χ4n) is 2.58. The van der Waals surface area contributed by atoms with Gasteiger partial charge in [0, 0.05) is 18.7 Å². The van der Waals surface area contributed by atoms with Gasteiger partial charge in [-0.2, -0.15) is 0 Å². The summed E-state index contributed by atoms with van der Waals surface area (Å²) < 4.78 is 5.35. The molecule has 1 saturated heterocycles. The lowest BCUT2D eigenvalue weighted by Crippen LogP contribution is -2.39. The van der Waals surface area contributed by atoms with E-state index >= 15 is 0 Å². The van der Waals surface area contributed by atoms with Crippen molar-refractivity contribution in [3.05, 3.63) is 41.9 Å². The summed E-state index contributed by atoms with van der Waals surface area (Å²) in [6, 6.07) is 7.51. The molecule has 22 heavy (non-hydrogen) atoms. The average molecular weight is 301 g/mol. The van der Waals surface area contributed by atoms with Gasteiger partial charge in [0.25, 0.3) is 0 Å². The number of aromatic nitrogens is 1. The average Bonchev–Trinajstić information content (AvgIpc) is 3.14. The molecule has 0 radical (unpaired) electrons. The van der Waals surface area contributed by atoms with Crippen molar-refractivity contribution >= 4 is 5.91 Å². The molecule has 2 unspecified atom stereocenters. The van der Waals surface area contributed by atoms with Crippen LogP contribution in [-0.4, -0.2) is 34.7 Å². The molecule has 3 rings (SSSR count). The lowest BCUT2D eigenvalue weighted by atomic mass is 10.1. The number of β-amino-alcohol motifs (C(OH)–C–C–N with tert-alkyl or cyclic N) is 1. The largest absolute Gasteiger partial charge is 0.443 e. The monoisotopic (exact) mass is 301 g/mol. The van der Waals surface area contributed by atoms with Crippen molar-refractivity contribution in [1.29, 1.82) is 0 Å². The Labute approximate surface area is 128 Å². The van der Waals surface area contributed by atoms with Gasteiger partial charge in [-0.3, -0.25) is 4.79 Å². The standard InChI is InChI=1S/C16H19N3O3/c1-10-15(22-9-19-10)12-4-2-11(3-5-12)7-18-16(21)14-6-13(20)8-17-14/h2-5,9,13-14,17,20H,6-8H2,1H3,(H,18,21). The number of hydrogen-bond donors (Lipinski definition) is 3. The normalized spacial score (nSPS) is 21.0. The third-order valence-corrected chi connectivity index (χ3v) is 3.85. The number of aryl methyl sites for hydroxylation is 1. The van der Waals surface area contributed by atoms with Gasteiger partial charge in [-0.15, -0.1) is 0 Å². The fourth-order valence-corrected chi connectivity index (χ4v) is 2.58. The third-order valence-electron chi connectivity index (χ3n) is 3.85. The minimum Gasteiger partial charge on any atom is -0.443 e. The number of amides is 1. The summed E-state index contributed by atoms with van der Waals surface area (Å²) in [5.74, 6) is 0.687. The molecule has 0 aliphatic carbocycles. The lowest BCUT2D eigenvalue weighted by molar-refractivity contribution is -0.123. The minimum atomic E-state index is -0.430. The Bertz CT molecular complexity index is 651. The first kappa shape index (κ1) is 14.7. The van der Waals surface area contributed by atoms with Crippen LogP contribution in [0.5, 0.6) is 0 Å². The van der Waals surface area contributed by atoms with Crippen LogP contribution in [0, 0.1) is 6.92 Å². The molecule has 1 aromatic heterocycles. The number of aliphatic hydroxyl groups is 1. The zero-order chi connectivity index (χ0) is 15.5. The van der Waals surface area contributed by atoms with Crippen LogP contribution in [0.1, 0.15) is 17.7 Å². The highest BCUT2D eigenvalue weighted by Gasteiger charge is 2.27. The van der Waals surface area contributed by atoms with E-state index in [-0.39, 0.29) is 11.9 Å². The lowest BCUT2D eigenvalue weighted by Gasteiger charge is -2.11. The van der Waals surface area contributed by atoms with Crippen LogP contribution in [0.3, 0.4) is 0 Å². The molecule has 0 bridgehead atoms. The second-order valence-corrected chi connectivity index (χ2v) is 5.53. The molecular weight excluding hydrogens is 282 g/mol. The van der Waals surface area contributed by atoms with Gasteiger partial charge in [-0.25, -0.2) is 4.98 Å². The van der Waals surface area contributed by atoms with Crippen LogP contribution in [0.15, 0.2) is 35.1 Å². The molecule has 2 heterocycles. The first-order valence-electron chi connectivity index (χ1n) is 7.32. The van der Waals surface area contributed by atoms with Crippen molar-refractivity contribution < 1.29 is 14.3 Å². The first-order valence-corrected chi connectivity index (χ1v) is 7.32. The number of oxazole rings is 1. The SMILES string of the molecule is Cc1ncoc1-c1ccc(CNC(=O)C2CC(O)CN2)cc1. The summed E-state index contributed by atoms with van der Waals surface area (Å²) >= 11 is 0. The van der Waals surface area contributed by atoms with Crippen LogP contribution in [-0.2, 0) is 11.3 Å². The van der Waals surface area contributed by atoms with E-state index in [1.807, 2.05) is 31.2 Å². The molecule has 1 amide bonds. The van der Waals surface area contributed by atoms with E-state index in [9.17, 15) is 9.90 Å². The van der Waals surface area contributed by atoms with Gasteiger partial charge >= 0.3 is 0 Å². The van der Waals surface area contributed by atoms with E-state index in [1.165, 1.54) is 6.39 Å². The predicted octanol–water partition coefficient (Wildman–Crippen LogP) is 0.989. The number of benzene rings is 1. The van der Waals surface area contributed by atoms with Crippen LogP contribution in [0.25, 0.3) is 11.3 Å². The smallest absolute Gasteiger partial charge is 0.237 e. The molecule has 6 nitrogen and oxygen atoms in total. The van der Waals surface area contributed by atoms with Gasteiger partial charge in [0.1, 0.15) is 0 Å². The Morgan fingerprint density at radius 2 is 2.23 bits per heavy atom. The number of carbonyl (C=O) groups excluding carboxylic acids is 1. The number of carbonyl (C=O) groups is 1. The zero-order valence-electron chi connectivity index (χ0n) is 12.4. The maximum absolute atomic E-state index is 12.0. The number of rotatable bonds is 4. The Balaban J connectivity index is 1.57. The molecule has 0 saturated carbocycles. The van der Waals surface area contributed by atoms with Crippen LogP contribution in [0.2, 0.25) is 0 Å². The molecular formula is C16H19N3O3. The molecule has 0 spiro atoms. The van der Waals surface area contributed by atoms with Crippen molar-refractivity contribution in [1.82, 2.24) is 15.6 Å². The van der Waals surface area contributed by atoms with Crippen molar-refractivity contribution in [3.8, 4) is 11.3 Å². The quantitative estimate of drug-likeness (QED) is 0.784. The number of nitrogens with one attached hydrogen (secondary N) is 2. The highest BCUT2D eigenvalue weighted by molar-refractivity contribution is 5.82. The Morgan fingerprint density at radius 1 is 1.45 bits per heavy atom. The van der Waals surface area contributed by atoms with Crippen molar-refractivity contribution in [2.45, 2.75) is 32.0 Å². The van der Waals surface area contributed by atoms with Crippen molar-refractivity contribution in [3.63, 3.8) is 0 Å². The van der Waals surface area contributed by atoms with E-state index in [2.05, 4.69) is 15.6 Å². The summed E-state index contributed by atoms with van der Waals surface area (Å²) in [5, 5.41) is 15.3. The highest BCUT2D eigenvalue weighted by atomic mass is 16.3. The van der Waals surface area contributed by atoms with Crippen LogP contribution < -0.4 is 10.6 Å². The topological polar surface area (TPSA) is 87.4 Å². The molecule has 1 aromatic carbocycles. The molecule has 2 atom stereocenters. The summed E-state index contributed by atoms with van der Waals surface area (Å²) in [7, 11) is 0. The second-order valence-electron chi connectivity index (χ2n) is 5.53. The van der Waals surface area contributed by atoms with E-state index in [0.717, 1.165) is 22.6 Å². The molecule has 2 aromatic rings. The maximum atomic E-state index is 12.0. The van der Waals surface area contributed by atoms with E-state index in [0.29, 0.717) is 19.5 Å². The first-order chi connectivity index (χ1) is 10.6.